The molecule has 118 valence electrons. The Kier molecular flexibility index (Phi) is 5.55. The first kappa shape index (κ1) is 16.5. The third-order valence-electron chi connectivity index (χ3n) is 3.52. The number of rotatable bonds is 6. The van der Waals surface area contributed by atoms with Crippen LogP contribution < -0.4 is 10.2 Å². The number of nitrogens with one attached hydrogen (secondary N) is 1. The Morgan fingerprint density at radius 1 is 1.27 bits per heavy atom. The van der Waals surface area contributed by atoms with Gasteiger partial charge < -0.3 is 5.32 Å². The molecule has 1 heterocycles. The summed E-state index contributed by atoms with van der Waals surface area (Å²) < 4.78 is 1.51. The predicted octanol–water partition coefficient (Wildman–Crippen LogP) is 3.12. The van der Waals surface area contributed by atoms with Crippen molar-refractivity contribution in [3.8, 4) is 0 Å². The SMILES string of the molecule is Cc1csc(=O)n1CC(=O)NC(CC(C)C)c1ccccc1. The van der Waals surface area contributed by atoms with Gasteiger partial charge >= 0.3 is 4.87 Å². The standard InChI is InChI=1S/C17H22N2O2S/c1-12(2)9-15(14-7-5-4-6-8-14)18-16(20)10-19-13(3)11-22-17(19)21/h4-8,11-12,15H,9-10H2,1-3H3,(H,18,20). The highest BCUT2D eigenvalue weighted by molar-refractivity contribution is 7.07. The molecule has 0 radical (unpaired) electrons. The topological polar surface area (TPSA) is 51.1 Å². The monoisotopic (exact) mass is 318 g/mol. The number of hydrogen-bond donors (Lipinski definition) is 1. The van der Waals surface area contributed by atoms with Gasteiger partial charge in [-0.05, 0) is 24.8 Å². The van der Waals surface area contributed by atoms with Crippen molar-refractivity contribution in [1.82, 2.24) is 9.88 Å². The zero-order valence-electron chi connectivity index (χ0n) is 13.2. The number of hydrogen-bond acceptors (Lipinski definition) is 3. The van der Waals surface area contributed by atoms with Crippen molar-refractivity contribution >= 4 is 17.2 Å². The molecule has 2 aromatic rings. The number of nitrogens with zero attached hydrogens (tertiary/aromatic N) is 1. The quantitative estimate of drug-likeness (QED) is 0.889. The van der Waals surface area contributed by atoms with Crippen molar-refractivity contribution in [3.05, 3.63) is 56.6 Å². The number of aromatic nitrogens is 1. The molecular weight excluding hydrogens is 296 g/mol. The van der Waals surface area contributed by atoms with Gasteiger partial charge in [-0.1, -0.05) is 55.5 Å². The molecule has 4 nitrogen and oxygen atoms in total. The van der Waals surface area contributed by atoms with E-state index >= 15 is 0 Å². The minimum Gasteiger partial charge on any atom is -0.348 e. The molecule has 0 spiro atoms. The van der Waals surface area contributed by atoms with Crippen LogP contribution in [0.2, 0.25) is 0 Å². The maximum atomic E-state index is 12.3. The summed E-state index contributed by atoms with van der Waals surface area (Å²) >= 11 is 1.13. The van der Waals surface area contributed by atoms with Crippen LogP contribution in [0.1, 0.15) is 37.6 Å². The second kappa shape index (κ2) is 7.40. The van der Waals surface area contributed by atoms with Crippen molar-refractivity contribution in [2.45, 2.75) is 39.8 Å². The fourth-order valence-corrected chi connectivity index (χ4v) is 3.15. The summed E-state index contributed by atoms with van der Waals surface area (Å²) in [4.78, 5) is 23.9. The van der Waals surface area contributed by atoms with Gasteiger partial charge in [-0.2, -0.15) is 0 Å². The average molecular weight is 318 g/mol. The highest BCUT2D eigenvalue weighted by Crippen LogP contribution is 2.21. The van der Waals surface area contributed by atoms with Crippen LogP contribution in [0.4, 0.5) is 0 Å². The molecule has 0 aliphatic rings. The molecule has 1 amide bonds. The van der Waals surface area contributed by atoms with E-state index in [1.54, 1.807) is 5.38 Å². The molecular formula is C17H22N2O2S. The molecule has 1 aromatic heterocycles. The van der Waals surface area contributed by atoms with E-state index in [0.29, 0.717) is 5.92 Å². The molecule has 1 atom stereocenters. The van der Waals surface area contributed by atoms with E-state index in [1.165, 1.54) is 4.57 Å². The van der Waals surface area contributed by atoms with Crippen molar-refractivity contribution in [1.29, 1.82) is 0 Å². The van der Waals surface area contributed by atoms with Crippen LogP contribution >= 0.6 is 11.3 Å². The summed E-state index contributed by atoms with van der Waals surface area (Å²) in [6.07, 6.45) is 0.868. The van der Waals surface area contributed by atoms with E-state index in [0.717, 1.165) is 29.0 Å². The van der Waals surface area contributed by atoms with Gasteiger partial charge in [0.05, 0.1) is 6.04 Å². The van der Waals surface area contributed by atoms with Crippen molar-refractivity contribution in [2.24, 2.45) is 5.92 Å². The van der Waals surface area contributed by atoms with Gasteiger partial charge in [0, 0.05) is 11.1 Å². The summed E-state index contributed by atoms with van der Waals surface area (Å²) in [5.41, 5.74) is 1.92. The third kappa shape index (κ3) is 4.31. The van der Waals surface area contributed by atoms with Crippen molar-refractivity contribution < 1.29 is 4.79 Å². The molecule has 0 bridgehead atoms. The van der Waals surface area contributed by atoms with Gasteiger partial charge in [0.25, 0.3) is 0 Å². The van der Waals surface area contributed by atoms with E-state index in [-0.39, 0.29) is 23.4 Å². The van der Waals surface area contributed by atoms with Crippen LogP contribution in [0.5, 0.6) is 0 Å². The van der Waals surface area contributed by atoms with Crippen molar-refractivity contribution in [2.75, 3.05) is 0 Å². The Morgan fingerprint density at radius 2 is 1.95 bits per heavy atom. The van der Waals surface area contributed by atoms with E-state index in [4.69, 9.17) is 0 Å². The van der Waals surface area contributed by atoms with Crippen LogP contribution in [0.25, 0.3) is 0 Å². The Labute approximate surface area is 134 Å². The van der Waals surface area contributed by atoms with Gasteiger partial charge in [-0.3, -0.25) is 14.2 Å². The Bertz CT molecular complexity index is 673. The normalized spacial score (nSPS) is 12.4. The number of aryl methyl sites for hydroxylation is 1. The number of amides is 1. The maximum Gasteiger partial charge on any atom is 0.307 e. The summed E-state index contributed by atoms with van der Waals surface area (Å²) in [5, 5.41) is 4.84. The highest BCUT2D eigenvalue weighted by Gasteiger charge is 2.17. The van der Waals surface area contributed by atoms with Gasteiger partial charge in [-0.25, -0.2) is 0 Å². The van der Waals surface area contributed by atoms with Gasteiger partial charge in [0.1, 0.15) is 6.54 Å². The molecule has 1 aromatic carbocycles. The Hall–Kier alpha value is -1.88. The van der Waals surface area contributed by atoms with E-state index in [2.05, 4.69) is 19.2 Å². The average Bonchev–Trinajstić information content (AvgIpc) is 2.79. The Morgan fingerprint density at radius 3 is 2.50 bits per heavy atom. The number of thiazole rings is 1. The number of carbonyl (C=O) groups excluding carboxylic acids is 1. The summed E-state index contributed by atoms with van der Waals surface area (Å²) in [6, 6.07) is 9.94. The lowest BCUT2D eigenvalue weighted by atomic mass is 9.97. The van der Waals surface area contributed by atoms with Crippen LogP contribution in [-0.2, 0) is 11.3 Å². The lowest BCUT2D eigenvalue weighted by Crippen LogP contribution is -2.34. The summed E-state index contributed by atoms with van der Waals surface area (Å²) in [6.45, 7) is 6.19. The lowest BCUT2D eigenvalue weighted by Gasteiger charge is -2.21. The fraction of sp³-hybridized carbons (Fsp3) is 0.412. The molecule has 1 N–H and O–H groups in total. The largest absolute Gasteiger partial charge is 0.348 e. The number of benzene rings is 1. The highest BCUT2D eigenvalue weighted by atomic mass is 32.1. The molecule has 0 fully saturated rings. The minimum absolute atomic E-state index is 0.0247. The molecule has 0 saturated heterocycles. The maximum absolute atomic E-state index is 12.3. The molecule has 0 aliphatic carbocycles. The zero-order valence-corrected chi connectivity index (χ0v) is 14.0. The van der Waals surface area contributed by atoms with Gasteiger partial charge in [0.2, 0.25) is 5.91 Å². The Balaban J connectivity index is 2.10. The summed E-state index contributed by atoms with van der Waals surface area (Å²) in [7, 11) is 0. The smallest absolute Gasteiger partial charge is 0.307 e. The molecule has 0 aliphatic heterocycles. The van der Waals surface area contributed by atoms with Crippen LogP contribution in [-0.4, -0.2) is 10.5 Å². The first-order valence-electron chi connectivity index (χ1n) is 7.46. The van der Waals surface area contributed by atoms with Crippen LogP contribution in [0.3, 0.4) is 0 Å². The van der Waals surface area contributed by atoms with E-state index in [9.17, 15) is 9.59 Å². The first-order valence-corrected chi connectivity index (χ1v) is 8.34. The van der Waals surface area contributed by atoms with Crippen LogP contribution in [0.15, 0.2) is 40.5 Å². The zero-order chi connectivity index (χ0) is 16.1. The second-order valence-electron chi connectivity index (χ2n) is 5.89. The third-order valence-corrected chi connectivity index (χ3v) is 4.40. The molecule has 1 unspecified atom stereocenters. The van der Waals surface area contributed by atoms with Crippen molar-refractivity contribution in [3.63, 3.8) is 0 Å². The van der Waals surface area contributed by atoms with E-state index in [1.807, 2.05) is 37.3 Å². The summed E-state index contributed by atoms with van der Waals surface area (Å²) in [5.74, 6) is 0.342. The van der Waals surface area contributed by atoms with E-state index < -0.39 is 0 Å². The van der Waals surface area contributed by atoms with Gasteiger partial charge in [0.15, 0.2) is 0 Å². The second-order valence-corrected chi connectivity index (χ2v) is 6.71. The molecule has 2 rings (SSSR count). The minimum atomic E-state index is -0.127. The number of carbonyl (C=O) groups is 1. The van der Waals surface area contributed by atoms with Gasteiger partial charge in [-0.15, -0.1) is 0 Å². The molecule has 0 saturated carbocycles. The first-order chi connectivity index (χ1) is 10.5. The van der Waals surface area contributed by atoms with Crippen LogP contribution in [0, 0.1) is 12.8 Å². The lowest BCUT2D eigenvalue weighted by molar-refractivity contribution is -0.122. The predicted molar refractivity (Wildman–Crippen MR) is 90.1 cm³/mol. The molecule has 5 heteroatoms. The fourth-order valence-electron chi connectivity index (χ4n) is 2.41. The molecule has 22 heavy (non-hydrogen) atoms.